The van der Waals surface area contributed by atoms with Crippen molar-refractivity contribution in [3.05, 3.63) is 18.2 Å². The Bertz CT molecular complexity index is 684. The van der Waals surface area contributed by atoms with Crippen LogP contribution < -0.4 is 5.32 Å². The Morgan fingerprint density at radius 3 is 3.05 bits per heavy atom. The highest BCUT2D eigenvalue weighted by molar-refractivity contribution is 5.98. The maximum Gasteiger partial charge on any atom is 0.321 e. The van der Waals surface area contributed by atoms with Crippen molar-refractivity contribution in [1.29, 1.82) is 0 Å². The van der Waals surface area contributed by atoms with Gasteiger partial charge in [0, 0.05) is 13.1 Å². The minimum atomic E-state index is -0.865. The molecular weight excluding hydrogens is 276 g/mol. The number of anilines is 1. The third-order valence-corrected chi connectivity index (χ3v) is 3.59. The van der Waals surface area contributed by atoms with E-state index in [0.717, 1.165) is 0 Å². The van der Waals surface area contributed by atoms with Crippen molar-refractivity contribution in [2.75, 3.05) is 18.4 Å². The van der Waals surface area contributed by atoms with Crippen LogP contribution in [-0.2, 0) is 4.79 Å². The van der Waals surface area contributed by atoms with Gasteiger partial charge in [0.15, 0.2) is 5.52 Å². The third-order valence-electron chi connectivity index (χ3n) is 3.59. The zero-order valence-electron chi connectivity index (χ0n) is 11.2. The number of fused-ring (bicyclic) bond motifs is 1. The van der Waals surface area contributed by atoms with Gasteiger partial charge in [0.05, 0.1) is 11.6 Å². The van der Waals surface area contributed by atoms with Gasteiger partial charge in [-0.15, -0.1) is 0 Å². The lowest BCUT2D eigenvalue weighted by Gasteiger charge is -2.30. The highest BCUT2D eigenvalue weighted by Crippen LogP contribution is 2.22. The number of nitrogens with one attached hydrogen (secondary N) is 1. The fourth-order valence-electron chi connectivity index (χ4n) is 2.46. The van der Waals surface area contributed by atoms with Gasteiger partial charge in [-0.2, -0.15) is 0 Å². The first-order valence-corrected chi connectivity index (χ1v) is 6.65. The molecule has 8 heteroatoms. The SMILES string of the molecule is O=C(O)C1CCCN(C(=O)Nc2cccc3nonc23)C1. The number of hydrogen-bond donors (Lipinski definition) is 2. The predicted molar refractivity (Wildman–Crippen MR) is 72.8 cm³/mol. The number of likely N-dealkylation sites (tertiary alicyclic amines) is 1. The fourth-order valence-corrected chi connectivity index (χ4v) is 2.46. The van der Waals surface area contributed by atoms with Gasteiger partial charge in [0.25, 0.3) is 0 Å². The van der Waals surface area contributed by atoms with Crippen LogP contribution in [0.25, 0.3) is 11.0 Å². The van der Waals surface area contributed by atoms with Crippen LogP contribution in [0.5, 0.6) is 0 Å². The lowest BCUT2D eigenvalue weighted by Crippen LogP contribution is -2.44. The first kappa shape index (κ1) is 13.3. The number of hydrogen-bond acceptors (Lipinski definition) is 5. The summed E-state index contributed by atoms with van der Waals surface area (Å²) in [5, 5.41) is 19.2. The normalized spacial score (nSPS) is 18.7. The van der Waals surface area contributed by atoms with Gasteiger partial charge in [-0.05, 0) is 35.3 Å². The number of carboxylic acid groups (broad SMARTS) is 1. The molecule has 3 rings (SSSR count). The average molecular weight is 290 g/mol. The highest BCUT2D eigenvalue weighted by Gasteiger charge is 2.28. The Labute approximate surface area is 119 Å². The van der Waals surface area contributed by atoms with E-state index in [-0.39, 0.29) is 12.6 Å². The number of benzene rings is 1. The number of rotatable bonds is 2. The van der Waals surface area contributed by atoms with E-state index in [1.165, 1.54) is 4.90 Å². The van der Waals surface area contributed by atoms with Gasteiger partial charge in [0.1, 0.15) is 5.52 Å². The maximum absolute atomic E-state index is 12.2. The van der Waals surface area contributed by atoms with Gasteiger partial charge in [-0.25, -0.2) is 9.42 Å². The molecule has 2 N–H and O–H groups in total. The van der Waals surface area contributed by atoms with Crippen LogP contribution >= 0.6 is 0 Å². The van der Waals surface area contributed by atoms with Crippen LogP contribution in [-0.4, -0.2) is 45.4 Å². The van der Waals surface area contributed by atoms with Crippen molar-refractivity contribution in [3.63, 3.8) is 0 Å². The van der Waals surface area contributed by atoms with Crippen LogP contribution in [0.2, 0.25) is 0 Å². The summed E-state index contributed by atoms with van der Waals surface area (Å²) in [4.78, 5) is 24.8. The number of carbonyl (C=O) groups excluding carboxylic acids is 1. The molecule has 1 aliphatic heterocycles. The summed E-state index contributed by atoms with van der Waals surface area (Å²) in [6.07, 6.45) is 1.28. The van der Waals surface area contributed by atoms with E-state index in [1.807, 2.05) is 0 Å². The molecule has 1 aromatic carbocycles. The molecule has 0 bridgehead atoms. The lowest BCUT2D eigenvalue weighted by molar-refractivity contribution is -0.143. The number of aromatic nitrogens is 2. The van der Waals surface area contributed by atoms with Gasteiger partial charge in [0.2, 0.25) is 0 Å². The molecule has 0 aliphatic carbocycles. The van der Waals surface area contributed by atoms with Crippen LogP contribution in [0.3, 0.4) is 0 Å². The summed E-state index contributed by atoms with van der Waals surface area (Å²) in [7, 11) is 0. The molecule has 1 unspecified atom stereocenters. The van der Waals surface area contributed by atoms with Crippen molar-refractivity contribution in [2.45, 2.75) is 12.8 Å². The summed E-state index contributed by atoms with van der Waals surface area (Å²) in [5.74, 6) is -1.37. The van der Waals surface area contributed by atoms with Gasteiger partial charge in [-0.3, -0.25) is 4.79 Å². The summed E-state index contributed by atoms with van der Waals surface area (Å²) >= 11 is 0. The average Bonchev–Trinajstić information content (AvgIpc) is 2.97. The molecule has 21 heavy (non-hydrogen) atoms. The first-order chi connectivity index (χ1) is 10.1. The Balaban J connectivity index is 1.74. The largest absolute Gasteiger partial charge is 0.481 e. The number of urea groups is 1. The number of aliphatic carboxylic acids is 1. The molecule has 1 atom stereocenters. The van der Waals surface area contributed by atoms with Crippen molar-refractivity contribution in [3.8, 4) is 0 Å². The monoisotopic (exact) mass is 290 g/mol. The quantitative estimate of drug-likeness (QED) is 0.868. The van der Waals surface area contributed by atoms with Crippen molar-refractivity contribution in [2.24, 2.45) is 5.92 Å². The molecule has 8 nitrogen and oxygen atoms in total. The lowest BCUT2D eigenvalue weighted by atomic mass is 9.99. The molecule has 1 saturated heterocycles. The van der Waals surface area contributed by atoms with Gasteiger partial charge >= 0.3 is 12.0 Å². The molecule has 1 aliphatic rings. The van der Waals surface area contributed by atoms with E-state index in [4.69, 9.17) is 5.11 Å². The minimum Gasteiger partial charge on any atom is -0.481 e. The second-order valence-electron chi connectivity index (χ2n) is 4.99. The second kappa shape index (κ2) is 5.39. The molecule has 2 amide bonds. The summed E-state index contributed by atoms with van der Waals surface area (Å²) in [6, 6.07) is 4.82. The maximum atomic E-state index is 12.2. The third kappa shape index (κ3) is 2.64. The summed E-state index contributed by atoms with van der Waals surface area (Å²) in [5.41, 5.74) is 1.52. The van der Waals surface area contributed by atoms with Crippen LogP contribution in [0, 0.1) is 5.92 Å². The standard InChI is InChI=1S/C13H14N4O4/c18-12(19)8-3-2-6-17(7-8)13(20)14-9-4-1-5-10-11(9)16-21-15-10/h1,4-5,8H,2-3,6-7H2,(H,14,20)(H,18,19). The van der Waals surface area contributed by atoms with Crippen molar-refractivity contribution in [1.82, 2.24) is 15.2 Å². The zero-order valence-corrected chi connectivity index (χ0v) is 11.2. The van der Waals surface area contributed by atoms with Crippen LogP contribution in [0.15, 0.2) is 22.8 Å². The predicted octanol–water partition coefficient (Wildman–Crippen LogP) is 1.55. The van der Waals surface area contributed by atoms with E-state index in [1.54, 1.807) is 18.2 Å². The molecular formula is C13H14N4O4. The van der Waals surface area contributed by atoms with Crippen molar-refractivity contribution < 1.29 is 19.3 Å². The summed E-state index contributed by atoms with van der Waals surface area (Å²) in [6.45, 7) is 0.761. The van der Waals surface area contributed by atoms with E-state index in [9.17, 15) is 9.59 Å². The Morgan fingerprint density at radius 2 is 2.24 bits per heavy atom. The van der Waals surface area contributed by atoms with E-state index in [2.05, 4.69) is 20.3 Å². The molecule has 1 aromatic heterocycles. The second-order valence-corrected chi connectivity index (χ2v) is 4.99. The zero-order chi connectivity index (χ0) is 14.8. The van der Waals surface area contributed by atoms with E-state index in [0.29, 0.717) is 36.1 Å². The Morgan fingerprint density at radius 1 is 1.38 bits per heavy atom. The van der Waals surface area contributed by atoms with Crippen LogP contribution in [0.4, 0.5) is 10.5 Å². The number of nitrogens with zero attached hydrogens (tertiary/aromatic N) is 3. The number of amides is 2. The number of carboxylic acids is 1. The van der Waals surface area contributed by atoms with Gasteiger partial charge < -0.3 is 15.3 Å². The van der Waals surface area contributed by atoms with E-state index >= 15 is 0 Å². The molecule has 0 spiro atoms. The molecule has 1 fully saturated rings. The topological polar surface area (TPSA) is 109 Å². The van der Waals surface area contributed by atoms with E-state index < -0.39 is 11.9 Å². The van der Waals surface area contributed by atoms with Crippen LogP contribution in [0.1, 0.15) is 12.8 Å². The molecule has 0 saturated carbocycles. The Kier molecular flexibility index (Phi) is 3.43. The Hall–Kier alpha value is -2.64. The number of carbonyl (C=O) groups is 2. The first-order valence-electron chi connectivity index (χ1n) is 6.65. The molecule has 2 aromatic rings. The molecule has 2 heterocycles. The van der Waals surface area contributed by atoms with Crippen molar-refractivity contribution >= 4 is 28.7 Å². The smallest absolute Gasteiger partial charge is 0.321 e. The molecule has 0 radical (unpaired) electrons. The summed E-state index contributed by atoms with van der Waals surface area (Å²) < 4.78 is 4.64. The highest BCUT2D eigenvalue weighted by atomic mass is 16.6. The number of piperidine rings is 1. The minimum absolute atomic E-state index is 0.216. The molecule has 110 valence electrons. The fraction of sp³-hybridized carbons (Fsp3) is 0.385. The van der Waals surface area contributed by atoms with Gasteiger partial charge in [-0.1, -0.05) is 6.07 Å².